The minimum absolute atomic E-state index is 0.0303. The summed E-state index contributed by atoms with van der Waals surface area (Å²) in [6.07, 6.45) is 6.85. The second kappa shape index (κ2) is 7.07. The molecule has 3 atom stereocenters. The number of benzene rings is 1. The van der Waals surface area contributed by atoms with Crippen molar-refractivity contribution < 1.29 is 9.13 Å². The highest BCUT2D eigenvalue weighted by atomic mass is 19.1. The molecule has 1 aromatic carbocycles. The molecule has 1 aliphatic carbocycles. The standard InChI is InChI=1S/C17H26FNO/c1-3-14-6-4-5-7-17(14)20-16-10-13(8-12(2)19)9-15(18)11-16/h9-12,14,17H,3-8,19H2,1-2H3. The predicted octanol–water partition coefficient (Wildman–Crippen LogP) is 4.06. The molecular weight excluding hydrogens is 253 g/mol. The van der Waals surface area contributed by atoms with Crippen molar-refractivity contribution in [2.75, 3.05) is 0 Å². The Bertz CT molecular complexity index is 433. The molecule has 3 unspecified atom stereocenters. The molecule has 2 N–H and O–H groups in total. The molecule has 0 heterocycles. The van der Waals surface area contributed by atoms with Crippen molar-refractivity contribution in [2.24, 2.45) is 11.7 Å². The van der Waals surface area contributed by atoms with Crippen LogP contribution in [0.5, 0.6) is 5.75 Å². The van der Waals surface area contributed by atoms with Gasteiger partial charge in [-0.05, 0) is 62.6 Å². The van der Waals surface area contributed by atoms with Gasteiger partial charge in [-0.2, -0.15) is 0 Å². The Morgan fingerprint density at radius 1 is 1.30 bits per heavy atom. The van der Waals surface area contributed by atoms with E-state index in [9.17, 15) is 4.39 Å². The third kappa shape index (κ3) is 4.20. The van der Waals surface area contributed by atoms with Crippen molar-refractivity contribution >= 4 is 0 Å². The first-order valence-corrected chi connectivity index (χ1v) is 7.80. The molecule has 0 spiro atoms. The molecule has 0 amide bonds. The molecule has 20 heavy (non-hydrogen) atoms. The second-order valence-corrected chi connectivity index (χ2v) is 6.09. The first-order valence-electron chi connectivity index (χ1n) is 7.80. The summed E-state index contributed by atoms with van der Waals surface area (Å²) in [5.74, 6) is 1.02. The van der Waals surface area contributed by atoms with Crippen LogP contribution < -0.4 is 10.5 Å². The first kappa shape index (κ1) is 15.3. The molecule has 0 bridgehead atoms. The summed E-state index contributed by atoms with van der Waals surface area (Å²) in [5.41, 5.74) is 6.70. The van der Waals surface area contributed by atoms with Crippen LogP contribution in [0, 0.1) is 11.7 Å². The highest BCUT2D eigenvalue weighted by Gasteiger charge is 2.25. The fourth-order valence-corrected chi connectivity index (χ4v) is 3.15. The lowest BCUT2D eigenvalue weighted by Gasteiger charge is -2.31. The summed E-state index contributed by atoms with van der Waals surface area (Å²) in [5, 5.41) is 0. The first-order chi connectivity index (χ1) is 9.58. The van der Waals surface area contributed by atoms with Gasteiger partial charge in [0.15, 0.2) is 0 Å². The van der Waals surface area contributed by atoms with Crippen LogP contribution in [0.25, 0.3) is 0 Å². The third-order valence-corrected chi connectivity index (χ3v) is 4.14. The van der Waals surface area contributed by atoms with Crippen LogP contribution in [0.15, 0.2) is 18.2 Å². The van der Waals surface area contributed by atoms with E-state index in [1.807, 2.05) is 13.0 Å². The Morgan fingerprint density at radius 3 is 2.75 bits per heavy atom. The van der Waals surface area contributed by atoms with Crippen molar-refractivity contribution in [2.45, 2.75) is 64.5 Å². The van der Waals surface area contributed by atoms with E-state index in [1.54, 1.807) is 6.07 Å². The number of ether oxygens (including phenoxy) is 1. The van der Waals surface area contributed by atoms with Gasteiger partial charge in [0, 0.05) is 12.1 Å². The number of halogens is 1. The Kier molecular flexibility index (Phi) is 5.41. The highest BCUT2D eigenvalue weighted by Crippen LogP contribution is 2.31. The van der Waals surface area contributed by atoms with E-state index in [-0.39, 0.29) is 18.0 Å². The van der Waals surface area contributed by atoms with E-state index in [4.69, 9.17) is 10.5 Å². The van der Waals surface area contributed by atoms with Gasteiger partial charge < -0.3 is 10.5 Å². The molecule has 1 fully saturated rings. The lowest BCUT2D eigenvalue weighted by Crippen LogP contribution is -2.30. The molecule has 0 aliphatic heterocycles. The number of nitrogens with two attached hydrogens (primary N) is 1. The topological polar surface area (TPSA) is 35.2 Å². The fraction of sp³-hybridized carbons (Fsp3) is 0.647. The average molecular weight is 279 g/mol. The van der Waals surface area contributed by atoms with E-state index < -0.39 is 0 Å². The minimum atomic E-state index is -0.234. The zero-order valence-electron chi connectivity index (χ0n) is 12.6. The van der Waals surface area contributed by atoms with Crippen molar-refractivity contribution in [3.63, 3.8) is 0 Å². The average Bonchev–Trinajstić information content (AvgIpc) is 2.37. The zero-order valence-corrected chi connectivity index (χ0v) is 12.6. The lowest BCUT2D eigenvalue weighted by molar-refractivity contribution is 0.0900. The molecule has 1 aromatic rings. The van der Waals surface area contributed by atoms with Crippen LogP contribution >= 0.6 is 0 Å². The molecule has 2 nitrogen and oxygen atoms in total. The van der Waals surface area contributed by atoms with Gasteiger partial charge in [-0.3, -0.25) is 0 Å². The van der Waals surface area contributed by atoms with Crippen molar-refractivity contribution in [3.8, 4) is 5.75 Å². The summed E-state index contributed by atoms with van der Waals surface area (Å²) in [6, 6.07) is 5.01. The van der Waals surface area contributed by atoms with Crippen LogP contribution in [0.4, 0.5) is 4.39 Å². The molecule has 2 rings (SSSR count). The van der Waals surface area contributed by atoms with Crippen LogP contribution in [0.3, 0.4) is 0 Å². The SMILES string of the molecule is CCC1CCCCC1Oc1cc(F)cc(CC(C)N)c1. The third-order valence-electron chi connectivity index (χ3n) is 4.14. The largest absolute Gasteiger partial charge is 0.490 e. The maximum Gasteiger partial charge on any atom is 0.127 e. The summed E-state index contributed by atoms with van der Waals surface area (Å²) >= 11 is 0. The second-order valence-electron chi connectivity index (χ2n) is 6.09. The van der Waals surface area contributed by atoms with Gasteiger partial charge in [-0.1, -0.05) is 13.3 Å². The van der Waals surface area contributed by atoms with E-state index in [0.29, 0.717) is 18.1 Å². The normalized spacial score (nSPS) is 24.4. The maximum atomic E-state index is 13.7. The van der Waals surface area contributed by atoms with Gasteiger partial charge in [0.1, 0.15) is 17.7 Å². The van der Waals surface area contributed by atoms with Gasteiger partial charge in [0.25, 0.3) is 0 Å². The highest BCUT2D eigenvalue weighted by molar-refractivity contribution is 5.30. The minimum Gasteiger partial charge on any atom is -0.490 e. The zero-order chi connectivity index (χ0) is 14.5. The predicted molar refractivity (Wildman–Crippen MR) is 80.4 cm³/mol. The summed E-state index contributed by atoms with van der Waals surface area (Å²) in [7, 11) is 0. The van der Waals surface area contributed by atoms with Gasteiger partial charge >= 0.3 is 0 Å². The van der Waals surface area contributed by atoms with Crippen LogP contribution in [0.1, 0.15) is 51.5 Å². The van der Waals surface area contributed by atoms with Crippen LogP contribution in [-0.2, 0) is 6.42 Å². The number of hydrogen-bond donors (Lipinski definition) is 1. The summed E-state index contributed by atoms with van der Waals surface area (Å²) in [4.78, 5) is 0. The molecule has 112 valence electrons. The van der Waals surface area contributed by atoms with E-state index in [2.05, 4.69) is 6.92 Å². The van der Waals surface area contributed by atoms with E-state index in [0.717, 1.165) is 18.4 Å². The molecule has 0 radical (unpaired) electrons. The van der Waals surface area contributed by atoms with Gasteiger partial charge in [0.05, 0.1) is 0 Å². The fourth-order valence-electron chi connectivity index (χ4n) is 3.15. The quantitative estimate of drug-likeness (QED) is 0.882. The Morgan fingerprint density at radius 2 is 2.05 bits per heavy atom. The molecule has 1 aliphatic rings. The Balaban J connectivity index is 2.09. The van der Waals surface area contributed by atoms with Crippen LogP contribution in [-0.4, -0.2) is 12.1 Å². The summed E-state index contributed by atoms with van der Waals surface area (Å²) in [6.45, 7) is 4.14. The molecule has 3 heteroatoms. The van der Waals surface area contributed by atoms with Crippen molar-refractivity contribution in [1.82, 2.24) is 0 Å². The van der Waals surface area contributed by atoms with E-state index in [1.165, 1.54) is 25.3 Å². The van der Waals surface area contributed by atoms with Gasteiger partial charge in [-0.15, -0.1) is 0 Å². The maximum absolute atomic E-state index is 13.7. The van der Waals surface area contributed by atoms with E-state index >= 15 is 0 Å². The molecule has 0 aromatic heterocycles. The Labute approximate surface area is 121 Å². The smallest absolute Gasteiger partial charge is 0.127 e. The Hall–Kier alpha value is -1.09. The summed E-state index contributed by atoms with van der Waals surface area (Å²) < 4.78 is 19.8. The molecule has 1 saturated carbocycles. The van der Waals surface area contributed by atoms with Crippen LogP contribution in [0.2, 0.25) is 0 Å². The van der Waals surface area contributed by atoms with Gasteiger partial charge in [0.2, 0.25) is 0 Å². The monoisotopic (exact) mass is 279 g/mol. The lowest BCUT2D eigenvalue weighted by atomic mass is 9.85. The number of hydrogen-bond acceptors (Lipinski definition) is 2. The molecular formula is C17H26FNO. The van der Waals surface area contributed by atoms with Crippen molar-refractivity contribution in [3.05, 3.63) is 29.6 Å². The molecule has 0 saturated heterocycles. The van der Waals surface area contributed by atoms with Gasteiger partial charge in [-0.25, -0.2) is 4.39 Å². The number of rotatable bonds is 5. The van der Waals surface area contributed by atoms with Crippen molar-refractivity contribution in [1.29, 1.82) is 0 Å².